The summed E-state index contributed by atoms with van der Waals surface area (Å²) in [6, 6.07) is 9.71. The van der Waals surface area contributed by atoms with Gasteiger partial charge in [-0.2, -0.15) is 0 Å². The molecule has 0 atom stereocenters. The Kier molecular flexibility index (Phi) is 6.09. The van der Waals surface area contributed by atoms with Gasteiger partial charge in [-0.15, -0.1) is 0 Å². The van der Waals surface area contributed by atoms with E-state index in [0.717, 1.165) is 27.9 Å². The predicted molar refractivity (Wildman–Crippen MR) is 112 cm³/mol. The average Bonchev–Trinajstić information content (AvgIpc) is 2.99. The maximum atomic E-state index is 6.26. The van der Waals surface area contributed by atoms with Gasteiger partial charge in [0.1, 0.15) is 0 Å². The first-order valence-electron chi connectivity index (χ1n) is 8.38. The summed E-state index contributed by atoms with van der Waals surface area (Å²) in [4.78, 5) is 4.29. The normalized spacial score (nSPS) is 12.1. The second-order valence-electron chi connectivity index (χ2n) is 6.03. The Morgan fingerprint density at radius 3 is 2.59 bits per heavy atom. The van der Waals surface area contributed by atoms with Crippen LogP contribution in [0.15, 0.2) is 54.4 Å². The van der Waals surface area contributed by atoms with E-state index in [0.29, 0.717) is 22.5 Å². The second kappa shape index (κ2) is 8.51. The van der Waals surface area contributed by atoms with Crippen LogP contribution in [0.1, 0.15) is 18.2 Å². The molecule has 0 spiro atoms. The fraction of sp³-hybridized carbons (Fsp3) is 0.190. The molecule has 0 saturated heterocycles. The second-order valence-corrected chi connectivity index (χ2v) is 6.84. The van der Waals surface area contributed by atoms with Gasteiger partial charge >= 0.3 is 0 Å². The topological polar surface area (TPSA) is 36.3 Å². The molecule has 2 aromatic heterocycles. The minimum atomic E-state index is 0.530. The van der Waals surface area contributed by atoms with E-state index in [-0.39, 0.29) is 0 Å². The molecule has 3 aromatic rings. The first-order valence-corrected chi connectivity index (χ1v) is 9.13. The number of methoxy groups -OCH3 is 2. The highest BCUT2D eigenvalue weighted by molar-refractivity contribution is 6.42. The smallest absolute Gasteiger partial charge is 0.212 e. The van der Waals surface area contributed by atoms with Crippen LogP contribution in [-0.4, -0.2) is 23.8 Å². The van der Waals surface area contributed by atoms with E-state index < -0.39 is 0 Å². The van der Waals surface area contributed by atoms with Crippen LogP contribution in [0.4, 0.5) is 0 Å². The number of ether oxygens (including phenoxy) is 2. The fourth-order valence-electron chi connectivity index (χ4n) is 2.75. The molecule has 0 unspecified atom stereocenters. The Hall–Kier alpha value is -2.43. The summed E-state index contributed by atoms with van der Waals surface area (Å²) >= 11 is 12.5. The number of nitrogens with zero attached hydrogens (tertiary/aromatic N) is 2. The molecule has 0 saturated carbocycles. The number of benzene rings is 1. The maximum Gasteiger partial charge on any atom is 0.212 e. The molecular formula is C21H20Cl2N2O2. The van der Waals surface area contributed by atoms with Crippen molar-refractivity contribution >= 4 is 40.2 Å². The van der Waals surface area contributed by atoms with E-state index >= 15 is 0 Å². The minimum absolute atomic E-state index is 0.530. The third-order valence-corrected chi connectivity index (χ3v) is 4.96. The number of pyridine rings is 1. The molecule has 0 aliphatic heterocycles. The number of allylic oxidation sites excluding steroid dienone is 3. The zero-order valence-corrected chi connectivity index (χ0v) is 16.9. The van der Waals surface area contributed by atoms with Crippen molar-refractivity contribution in [1.82, 2.24) is 9.55 Å². The van der Waals surface area contributed by atoms with Crippen LogP contribution in [0.2, 0.25) is 10.0 Å². The molecule has 4 nitrogen and oxygen atoms in total. The number of aromatic nitrogens is 2. The molecule has 0 N–H and O–H groups in total. The number of rotatable bonds is 6. The summed E-state index contributed by atoms with van der Waals surface area (Å²) in [5.41, 5.74) is 3.09. The molecule has 3 rings (SSSR count). The standard InChI is InChI=1S/C21H20Cl2N2O2/c1-14(26-2)5-4-6-17-9-16-10-18(22)19(23)11-20(16)25(17)13-15-7-8-21(27-3)24-12-15/h4-12H,13H2,1-3H3/b6-4+,14-5-. The van der Waals surface area contributed by atoms with Gasteiger partial charge in [0.15, 0.2) is 0 Å². The number of fused-ring (bicyclic) bond motifs is 1. The van der Waals surface area contributed by atoms with E-state index in [1.807, 2.05) is 55.6 Å². The molecule has 0 amide bonds. The summed E-state index contributed by atoms with van der Waals surface area (Å²) in [6.07, 6.45) is 7.71. The van der Waals surface area contributed by atoms with Gasteiger partial charge in [-0.05, 0) is 42.8 Å². The molecule has 0 aliphatic carbocycles. The van der Waals surface area contributed by atoms with Crippen LogP contribution in [0.3, 0.4) is 0 Å². The highest BCUT2D eigenvalue weighted by Gasteiger charge is 2.11. The van der Waals surface area contributed by atoms with Crippen LogP contribution in [0, 0.1) is 0 Å². The maximum absolute atomic E-state index is 6.26. The molecular weight excluding hydrogens is 383 g/mol. The summed E-state index contributed by atoms with van der Waals surface area (Å²) in [6.45, 7) is 2.55. The molecule has 1 aromatic carbocycles. The Morgan fingerprint density at radius 1 is 1.15 bits per heavy atom. The van der Waals surface area contributed by atoms with E-state index in [4.69, 9.17) is 32.7 Å². The van der Waals surface area contributed by atoms with Gasteiger partial charge in [-0.3, -0.25) is 0 Å². The van der Waals surface area contributed by atoms with Gasteiger partial charge in [0.2, 0.25) is 5.88 Å². The molecule has 6 heteroatoms. The number of hydrogen-bond donors (Lipinski definition) is 0. The van der Waals surface area contributed by atoms with Crippen LogP contribution < -0.4 is 4.74 Å². The van der Waals surface area contributed by atoms with Crippen molar-refractivity contribution in [2.75, 3.05) is 14.2 Å². The van der Waals surface area contributed by atoms with Crippen molar-refractivity contribution in [3.05, 3.63) is 75.7 Å². The molecule has 27 heavy (non-hydrogen) atoms. The Balaban J connectivity index is 2.05. The zero-order valence-electron chi connectivity index (χ0n) is 15.4. The molecule has 0 fully saturated rings. The lowest BCUT2D eigenvalue weighted by atomic mass is 10.2. The molecule has 0 aliphatic rings. The Labute approximate surface area is 168 Å². The van der Waals surface area contributed by atoms with Crippen molar-refractivity contribution in [2.24, 2.45) is 0 Å². The number of halogens is 2. The van der Waals surface area contributed by atoms with Crippen molar-refractivity contribution in [2.45, 2.75) is 13.5 Å². The van der Waals surface area contributed by atoms with E-state index in [2.05, 4.69) is 15.6 Å². The Bertz CT molecular complexity index is 1010. The molecule has 140 valence electrons. The summed E-state index contributed by atoms with van der Waals surface area (Å²) in [7, 11) is 3.25. The van der Waals surface area contributed by atoms with E-state index in [1.165, 1.54) is 0 Å². The van der Waals surface area contributed by atoms with E-state index in [9.17, 15) is 0 Å². The zero-order chi connectivity index (χ0) is 19.4. The lowest BCUT2D eigenvalue weighted by molar-refractivity contribution is 0.294. The van der Waals surface area contributed by atoms with Crippen molar-refractivity contribution in [3.8, 4) is 5.88 Å². The van der Waals surface area contributed by atoms with Gasteiger partial charge in [-0.25, -0.2) is 4.98 Å². The van der Waals surface area contributed by atoms with Gasteiger partial charge < -0.3 is 14.0 Å². The van der Waals surface area contributed by atoms with Crippen LogP contribution in [0.5, 0.6) is 5.88 Å². The minimum Gasteiger partial charge on any atom is -0.501 e. The van der Waals surface area contributed by atoms with Crippen LogP contribution in [-0.2, 0) is 11.3 Å². The molecule has 0 radical (unpaired) electrons. The summed E-state index contributed by atoms with van der Waals surface area (Å²) in [5.74, 6) is 1.42. The van der Waals surface area contributed by atoms with Crippen LogP contribution in [0.25, 0.3) is 17.0 Å². The quantitative estimate of drug-likeness (QED) is 0.376. The van der Waals surface area contributed by atoms with Crippen molar-refractivity contribution in [3.63, 3.8) is 0 Å². The fourth-order valence-corrected chi connectivity index (χ4v) is 3.08. The van der Waals surface area contributed by atoms with Gasteiger partial charge in [0.25, 0.3) is 0 Å². The lowest BCUT2D eigenvalue weighted by Gasteiger charge is -2.10. The SMILES string of the molecule is CO/C(C)=C\C=C\c1cc2cc(Cl)c(Cl)cc2n1Cc1ccc(OC)nc1. The predicted octanol–water partition coefficient (Wildman–Crippen LogP) is 5.96. The van der Waals surface area contributed by atoms with Gasteiger partial charge in [-0.1, -0.05) is 35.3 Å². The first kappa shape index (κ1) is 19.3. The lowest BCUT2D eigenvalue weighted by Crippen LogP contribution is -2.02. The molecule has 2 heterocycles. The van der Waals surface area contributed by atoms with Crippen molar-refractivity contribution in [1.29, 1.82) is 0 Å². The third-order valence-electron chi connectivity index (χ3n) is 4.24. The highest BCUT2D eigenvalue weighted by atomic mass is 35.5. The largest absolute Gasteiger partial charge is 0.501 e. The van der Waals surface area contributed by atoms with Gasteiger partial charge in [0, 0.05) is 29.9 Å². The summed E-state index contributed by atoms with van der Waals surface area (Å²) in [5, 5.41) is 2.10. The third kappa shape index (κ3) is 4.46. The molecule has 0 bridgehead atoms. The number of hydrogen-bond acceptors (Lipinski definition) is 3. The van der Waals surface area contributed by atoms with Gasteiger partial charge in [0.05, 0.1) is 35.5 Å². The van der Waals surface area contributed by atoms with Crippen LogP contribution >= 0.6 is 23.2 Å². The summed E-state index contributed by atoms with van der Waals surface area (Å²) < 4.78 is 12.5. The first-order chi connectivity index (χ1) is 13.0. The van der Waals surface area contributed by atoms with Crippen molar-refractivity contribution < 1.29 is 9.47 Å². The Morgan fingerprint density at radius 2 is 1.93 bits per heavy atom. The average molecular weight is 403 g/mol. The monoisotopic (exact) mass is 402 g/mol. The van der Waals surface area contributed by atoms with E-state index in [1.54, 1.807) is 14.2 Å². The highest BCUT2D eigenvalue weighted by Crippen LogP contribution is 2.31.